The van der Waals surface area contributed by atoms with Gasteiger partial charge in [0.2, 0.25) is 11.8 Å². The van der Waals surface area contributed by atoms with Gasteiger partial charge in [-0.15, -0.1) is 10.2 Å². The van der Waals surface area contributed by atoms with Crippen LogP contribution in [0.5, 0.6) is 0 Å². The summed E-state index contributed by atoms with van der Waals surface area (Å²) in [5, 5.41) is 14.0. The topological polar surface area (TPSA) is 80.0 Å². The fourth-order valence-corrected chi connectivity index (χ4v) is 3.13. The zero-order valence-corrected chi connectivity index (χ0v) is 14.0. The van der Waals surface area contributed by atoms with E-state index in [1.165, 1.54) is 19.3 Å². The third-order valence-corrected chi connectivity index (χ3v) is 4.37. The smallest absolute Gasteiger partial charge is 0.315 e. The molecule has 1 aromatic heterocycles. The second-order valence-electron chi connectivity index (χ2n) is 6.35. The van der Waals surface area contributed by atoms with Crippen LogP contribution in [0.4, 0.5) is 4.79 Å². The second kappa shape index (κ2) is 7.95. The lowest BCUT2D eigenvalue weighted by Crippen LogP contribution is -2.44. The van der Waals surface area contributed by atoms with Gasteiger partial charge in [0.25, 0.3) is 0 Å². The first-order chi connectivity index (χ1) is 11.7. The Kier molecular flexibility index (Phi) is 5.46. The number of urea groups is 1. The van der Waals surface area contributed by atoms with E-state index in [9.17, 15) is 4.79 Å². The number of aryl methyl sites for hydroxylation is 1. The summed E-state index contributed by atoms with van der Waals surface area (Å²) in [5.74, 6) is 0.938. The number of nitrogens with zero attached hydrogens (tertiary/aromatic N) is 2. The number of hydrogen-bond donors (Lipinski definition) is 2. The van der Waals surface area contributed by atoms with Crippen molar-refractivity contribution < 1.29 is 9.21 Å². The number of rotatable bonds is 5. The van der Waals surface area contributed by atoms with E-state index in [2.05, 4.69) is 20.8 Å². The minimum Gasteiger partial charge on any atom is -0.423 e. The van der Waals surface area contributed by atoms with Crippen LogP contribution in [0.3, 0.4) is 0 Å². The maximum Gasteiger partial charge on any atom is 0.315 e. The number of benzene rings is 1. The highest BCUT2D eigenvalue weighted by Gasteiger charge is 2.23. The van der Waals surface area contributed by atoms with Crippen molar-refractivity contribution >= 4 is 6.03 Å². The lowest BCUT2D eigenvalue weighted by Gasteiger charge is -2.24. The minimum absolute atomic E-state index is 0.168. The number of hydrogen-bond acceptors (Lipinski definition) is 4. The van der Waals surface area contributed by atoms with E-state index in [0.29, 0.717) is 18.2 Å². The Balaban J connectivity index is 1.66. The van der Waals surface area contributed by atoms with Crippen molar-refractivity contribution in [2.45, 2.75) is 57.5 Å². The molecular weight excluding hydrogens is 304 g/mol. The molecule has 1 aromatic carbocycles. The largest absolute Gasteiger partial charge is 0.423 e. The van der Waals surface area contributed by atoms with Crippen molar-refractivity contribution in [1.29, 1.82) is 0 Å². The van der Waals surface area contributed by atoms with Crippen LogP contribution in [0.15, 0.2) is 34.7 Å². The van der Waals surface area contributed by atoms with Crippen molar-refractivity contribution in [2.75, 3.05) is 0 Å². The first-order valence-electron chi connectivity index (χ1n) is 8.61. The third kappa shape index (κ3) is 4.57. The molecule has 0 spiro atoms. The van der Waals surface area contributed by atoms with Crippen molar-refractivity contribution in [3.8, 4) is 0 Å². The molecule has 1 atom stereocenters. The Morgan fingerprint density at radius 2 is 1.96 bits per heavy atom. The van der Waals surface area contributed by atoms with Gasteiger partial charge in [-0.2, -0.15) is 0 Å². The molecule has 1 heterocycles. The van der Waals surface area contributed by atoms with Gasteiger partial charge in [0, 0.05) is 19.4 Å². The van der Waals surface area contributed by atoms with Gasteiger partial charge < -0.3 is 15.1 Å². The predicted molar refractivity (Wildman–Crippen MR) is 90.5 cm³/mol. The first-order valence-corrected chi connectivity index (χ1v) is 8.61. The molecule has 0 aliphatic heterocycles. The maximum atomic E-state index is 12.4. The fraction of sp³-hybridized carbons (Fsp3) is 0.500. The van der Waals surface area contributed by atoms with Crippen LogP contribution in [0, 0.1) is 6.92 Å². The van der Waals surface area contributed by atoms with Crippen LogP contribution >= 0.6 is 0 Å². The van der Waals surface area contributed by atoms with Crippen molar-refractivity contribution in [3.63, 3.8) is 0 Å². The summed E-state index contributed by atoms with van der Waals surface area (Å²) in [4.78, 5) is 12.4. The Morgan fingerprint density at radius 1 is 1.21 bits per heavy atom. The van der Waals surface area contributed by atoms with Crippen molar-refractivity contribution in [3.05, 3.63) is 47.7 Å². The molecule has 1 aliphatic rings. The summed E-state index contributed by atoms with van der Waals surface area (Å²) >= 11 is 0. The van der Waals surface area contributed by atoms with Gasteiger partial charge in [-0.05, 0) is 18.4 Å². The molecule has 0 saturated heterocycles. The van der Waals surface area contributed by atoms with E-state index in [0.717, 1.165) is 18.4 Å². The monoisotopic (exact) mass is 328 g/mol. The van der Waals surface area contributed by atoms with Crippen LogP contribution in [-0.4, -0.2) is 22.3 Å². The van der Waals surface area contributed by atoms with Crippen LogP contribution in [0.2, 0.25) is 0 Å². The number of aromatic nitrogens is 2. The summed E-state index contributed by atoms with van der Waals surface area (Å²) in [6, 6.07) is 9.74. The van der Waals surface area contributed by atoms with Gasteiger partial charge in [0.1, 0.15) is 6.04 Å². The van der Waals surface area contributed by atoms with Crippen molar-refractivity contribution in [1.82, 2.24) is 20.8 Å². The number of nitrogens with one attached hydrogen (secondary N) is 2. The molecule has 6 nitrogen and oxygen atoms in total. The molecule has 0 radical (unpaired) electrons. The molecule has 1 saturated carbocycles. The molecule has 24 heavy (non-hydrogen) atoms. The van der Waals surface area contributed by atoms with Gasteiger partial charge in [-0.25, -0.2) is 4.79 Å². The zero-order chi connectivity index (χ0) is 16.8. The molecule has 0 bridgehead atoms. The Bertz CT molecular complexity index is 650. The number of carbonyl (C=O) groups excluding carboxylic acids is 1. The molecule has 2 amide bonds. The summed E-state index contributed by atoms with van der Waals surface area (Å²) < 4.78 is 5.54. The highest BCUT2D eigenvalue weighted by Crippen LogP contribution is 2.19. The molecule has 1 fully saturated rings. The van der Waals surface area contributed by atoms with Crippen molar-refractivity contribution in [2.24, 2.45) is 0 Å². The molecule has 128 valence electrons. The fourth-order valence-electron chi connectivity index (χ4n) is 3.13. The number of carbonyl (C=O) groups is 1. The minimum atomic E-state index is -0.336. The highest BCUT2D eigenvalue weighted by atomic mass is 16.4. The molecule has 1 unspecified atom stereocenters. The molecule has 2 aromatic rings. The maximum absolute atomic E-state index is 12.4. The van der Waals surface area contributed by atoms with Gasteiger partial charge in [0.05, 0.1) is 0 Å². The van der Waals surface area contributed by atoms with E-state index in [1.54, 1.807) is 6.92 Å². The lowest BCUT2D eigenvalue weighted by atomic mass is 9.96. The lowest BCUT2D eigenvalue weighted by molar-refractivity contribution is 0.226. The van der Waals surface area contributed by atoms with Crippen LogP contribution in [0.1, 0.15) is 55.5 Å². The van der Waals surface area contributed by atoms with E-state index in [4.69, 9.17) is 4.42 Å². The van der Waals surface area contributed by atoms with E-state index in [1.807, 2.05) is 30.3 Å². The van der Waals surface area contributed by atoms with Gasteiger partial charge in [-0.1, -0.05) is 49.6 Å². The Morgan fingerprint density at radius 3 is 2.62 bits per heavy atom. The second-order valence-corrected chi connectivity index (χ2v) is 6.35. The molecule has 3 rings (SSSR count). The quantitative estimate of drug-likeness (QED) is 0.882. The van der Waals surface area contributed by atoms with Crippen LogP contribution < -0.4 is 10.6 Å². The van der Waals surface area contributed by atoms with Gasteiger partial charge in [-0.3, -0.25) is 0 Å². The number of amides is 2. The predicted octanol–water partition coefficient (Wildman–Crippen LogP) is 3.29. The summed E-state index contributed by atoms with van der Waals surface area (Å²) in [6.45, 7) is 1.75. The normalized spacial score (nSPS) is 16.5. The first kappa shape index (κ1) is 16.5. The molecule has 1 aliphatic carbocycles. The summed E-state index contributed by atoms with van der Waals surface area (Å²) in [5.41, 5.74) is 1.11. The Hall–Kier alpha value is -2.37. The van der Waals surface area contributed by atoms with Crippen LogP contribution in [0.25, 0.3) is 0 Å². The average Bonchev–Trinajstić information content (AvgIpc) is 3.02. The summed E-state index contributed by atoms with van der Waals surface area (Å²) in [6.07, 6.45) is 6.34. The van der Waals surface area contributed by atoms with E-state index < -0.39 is 0 Å². The van der Waals surface area contributed by atoms with E-state index >= 15 is 0 Å². The highest BCUT2D eigenvalue weighted by molar-refractivity contribution is 5.74. The molecular formula is C18H24N4O2. The average molecular weight is 328 g/mol. The molecule has 6 heteroatoms. The zero-order valence-electron chi connectivity index (χ0n) is 14.0. The van der Waals surface area contributed by atoms with Gasteiger partial charge >= 0.3 is 6.03 Å². The van der Waals surface area contributed by atoms with Crippen LogP contribution in [-0.2, 0) is 6.42 Å². The van der Waals surface area contributed by atoms with E-state index in [-0.39, 0.29) is 18.1 Å². The Labute approximate surface area is 142 Å². The molecule has 2 N–H and O–H groups in total. The van der Waals surface area contributed by atoms with Gasteiger partial charge in [0.15, 0.2) is 0 Å². The third-order valence-electron chi connectivity index (χ3n) is 4.37. The summed E-state index contributed by atoms with van der Waals surface area (Å²) in [7, 11) is 0. The SMILES string of the molecule is Cc1nnc(C(Cc2ccccc2)NC(=O)NC2CCCCC2)o1. The standard InChI is InChI=1S/C18H24N4O2/c1-13-21-22-17(24-13)16(12-14-8-4-2-5-9-14)20-18(23)19-15-10-6-3-7-11-15/h2,4-5,8-9,15-16H,3,6-7,10-12H2,1H3,(H2,19,20,23).